The smallest absolute Gasteiger partial charge is 0.261 e. The van der Waals surface area contributed by atoms with E-state index in [1.807, 2.05) is 0 Å². The minimum atomic E-state index is -3.21. The average molecular weight is 323 g/mol. The number of fused-ring (bicyclic) bond motifs is 1. The summed E-state index contributed by atoms with van der Waals surface area (Å²) in [5, 5.41) is 3.06. The molecule has 1 aliphatic carbocycles. The van der Waals surface area contributed by atoms with Gasteiger partial charge >= 0.3 is 0 Å². The molecule has 1 heterocycles. The molecule has 1 aromatic rings. The van der Waals surface area contributed by atoms with Crippen molar-refractivity contribution in [3.63, 3.8) is 0 Å². The van der Waals surface area contributed by atoms with Gasteiger partial charge in [-0.15, -0.1) is 0 Å². The average Bonchev–Trinajstić information content (AvgIpc) is 2.48. The Kier molecular flexibility index (Phi) is 4.12. The van der Waals surface area contributed by atoms with Crippen molar-refractivity contribution in [3.05, 3.63) is 24.3 Å². The molecule has 1 aromatic carbocycles. The van der Waals surface area contributed by atoms with Gasteiger partial charge in [0.2, 0.25) is 0 Å². The van der Waals surface area contributed by atoms with E-state index in [0.29, 0.717) is 17.7 Å². The van der Waals surface area contributed by atoms with Crippen LogP contribution in [0.25, 0.3) is 0 Å². The van der Waals surface area contributed by atoms with Crippen molar-refractivity contribution in [1.82, 2.24) is 5.32 Å². The zero-order valence-corrected chi connectivity index (χ0v) is 13.4. The zero-order valence-electron chi connectivity index (χ0n) is 12.6. The third-order valence-corrected chi connectivity index (χ3v) is 5.70. The van der Waals surface area contributed by atoms with Gasteiger partial charge in [-0.2, -0.15) is 0 Å². The van der Waals surface area contributed by atoms with Crippen LogP contribution < -0.4 is 10.1 Å². The molecule has 1 aliphatic heterocycles. The summed E-state index contributed by atoms with van der Waals surface area (Å²) in [7, 11) is -3.21. The fraction of sp³-hybridized carbons (Fsp3) is 0.562. The second kappa shape index (κ2) is 5.91. The number of carbonyl (C=O) groups excluding carboxylic acids is 1. The summed E-state index contributed by atoms with van der Waals surface area (Å²) in [5.41, 5.74) is 0. The summed E-state index contributed by atoms with van der Waals surface area (Å²) < 4.78 is 28.7. The molecule has 2 fully saturated rings. The second-order valence-corrected chi connectivity index (χ2v) is 8.26. The van der Waals surface area contributed by atoms with Gasteiger partial charge in [0.25, 0.3) is 5.91 Å². The monoisotopic (exact) mass is 323 g/mol. The van der Waals surface area contributed by atoms with Crippen molar-refractivity contribution in [3.8, 4) is 5.75 Å². The maximum atomic E-state index is 12.1. The van der Waals surface area contributed by atoms with E-state index < -0.39 is 15.9 Å². The SMILES string of the molecule is CS(=O)(=O)c1ccc(OC2CC3CCCCC3NC2=O)cc1. The number of ether oxygens (including phenoxy) is 1. The normalized spacial score (nSPS) is 28.6. The van der Waals surface area contributed by atoms with Crippen molar-refractivity contribution < 1.29 is 17.9 Å². The molecule has 120 valence electrons. The van der Waals surface area contributed by atoms with E-state index in [4.69, 9.17) is 4.74 Å². The van der Waals surface area contributed by atoms with Gasteiger partial charge in [-0.1, -0.05) is 12.8 Å². The summed E-state index contributed by atoms with van der Waals surface area (Å²) in [5.74, 6) is 0.962. The Morgan fingerprint density at radius 3 is 2.50 bits per heavy atom. The molecule has 3 unspecified atom stereocenters. The Morgan fingerprint density at radius 2 is 1.82 bits per heavy atom. The highest BCUT2D eigenvalue weighted by molar-refractivity contribution is 7.90. The topological polar surface area (TPSA) is 72.5 Å². The first kappa shape index (κ1) is 15.3. The Hall–Kier alpha value is -1.56. The molecule has 3 atom stereocenters. The summed E-state index contributed by atoms with van der Waals surface area (Å²) >= 11 is 0. The van der Waals surface area contributed by atoms with Crippen LogP contribution in [0.2, 0.25) is 0 Å². The van der Waals surface area contributed by atoms with Gasteiger partial charge in [-0.3, -0.25) is 4.79 Å². The van der Waals surface area contributed by atoms with Gasteiger partial charge in [0.1, 0.15) is 5.75 Å². The number of piperidine rings is 1. The molecule has 2 aliphatic rings. The molecule has 1 saturated carbocycles. The molecule has 6 heteroatoms. The van der Waals surface area contributed by atoms with Crippen molar-refractivity contribution in [2.75, 3.05) is 6.26 Å². The van der Waals surface area contributed by atoms with E-state index in [9.17, 15) is 13.2 Å². The van der Waals surface area contributed by atoms with E-state index in [1.54, 1.807) is 12.1 Å². The lowest BCUT2D eigenvalue weighted by molar-refractivity contribution is -0.133. The molecular weight excluding hydrogens is 302 g/mol. The number of sulfone groups is 1. The Labute approximate surface area is 131 Å². The maximum Gasteiger partial charge on any atom is 0.261 e. The van der Waals surface area contributed by atoms with Crippen LogP contribution in [0, 0.1) is 5.92 Å². The van der Waals surface area contributed by atoms with Gasteiger partial charge in [0, 0.05) is 12.3 Å². The van der Waals surface area contributed by atoms with Crippen LogP contribution in [0.1, 0.15) is 32.1 Å². The molecule has 0 radical (unpaired) electrons. The van der Waals surface area contributed by atoms with Crippen LogP contribution in [0.4, 0.5) is 0 Å². The van der Waals surface area contributed by atoms with Crippen LogP contribution in [-0.2, 0) is 14.6 Å². The standard InChI is InChI=1S/C16H21NO4S/c1-22(19,20)13-8-6-12(7-9-13)21-15-10-11-4-2-3-5-14(11)17-16(15)18/h6-9,11,14-15H,2-5,10H2,1H3,(H,17,18). The molecule has 1 saturated heterocycles. The molecule has 5 nitrogen and oxygen atoms in total. The maximum absolute atomic E-state index is 12.1. The lowest BCUT2D eigenvalue weighted by Gasteiger charge is -2.39. The first-order valence-corrected chi connectivity index (χ1v) is 9.60. The molecule has 0 bridgehead atoms. The number of nitrogens with one attached hydrogen (secondary N) is 1. The largest absolute Gasteiger partial charge is 0.481 e. The second-order valence-electron chi connectivity index (χ2n) is 6.25. The van der Waals surface area contributed by atoms with E-state index in [-0.39, 0.29) is 10.8 Å². The fourth-order valence-electron chi connectivity index (χ4n) is 3.37. The minimum Gasteiger partial charge on any atom is -0.481 e. The molecule has 22 heavy (non-hydrogen) atoms. The number of benzene rings is 1. The summed E-state index contributed by atoms with van der Waals surface area (Å²) in [6, 6.07) is 6.53. The summed E-state index contributed by atoms with van der Waals surface area (Å²) in [6.07, 6.45) is 6.02. The highest BCUT2D eigenvalue weighted by Gasteiger charge is 2.37. The predicted octanol–water partition coefficient (Wildman–Crippen LogP) is 1.92. The van der Waals surface area contributed by atoms with Crippen molar-refractivity contribution in [2.45, 2.75) is 49.1 Å². The van der Waals surface area contributed by atoms with Gasteiger partial charge in [0.15, 0.2) is 15.9 Å². The highest BCUT2D eigenvalue weighted by atomic mass is 32.2. The number of rotatable bonds is 3. The van der Waals surface area contributed by atoms with E-state index in [1.165, 1.54) is 31.2 Å². The van der Waals surface area contributed by atoms with Gasteiger partial charge in [0.05, 0.1) is 4.90 Å². The van der Waals surface area contributed by atoms with E-state index in [2.05, 4.69) is 5.32 Å². The van der Waals surface area contributed by atoms with Crippen LogP contribution in [0.3, 0.4) is 0 Å². The van der Waals surface area contributed by atoms with Crippen molar-refractivity contribution in [2.24, 2.45) is 5.92 Å². The molecular formula is C16H21NO4S. The Bertz CT molecular complexity index is 653. The number of hydrogen-bond acceptors (Lipinski definition) is 4. The van der Waals surface area contributed by atoms with Crippen LogP contribution in [0.5, 0.6) is 5.75 Å². The molecule has 3 rings (SSSR count). The Balaban J connectivity index is 1.68. The third kappa shape index (κ3) is 3.27. The van der Waals surface area contributed by atoms with Crippen molar-refractivity contribution >= 4 is 15.7 Å². The number of hydrogen-bond donors (Lipinski definition) is 1. The number of carbonyl (C=O) groups is 1. The number of amides is 1. The minimum absolute atomic E-state index is 0.0599. The molecule has 1 amide bonds. The summed E-state index contributed by atoms with van der Waals surface area (Å²) in [4.78, 5) is 12.4. The lowest BCUT2D eigenvalue weighted by Crippen LogP contribution is -2.54. The molecule has 0 spiro atoms. The summed E-state index contributed by atoms with van der Waals surface area (Å²) in [6.45, 7) is 0. The van der Waals surface area contributed by atoms with Crippen molar-refractivity contribution in [1.29, 1.82) is 0 Å². The van der Waals surface area contributed by atoms with Crippen LogP contribution in [-0.4, -0.2) is 32.7 Å². The van der Waals surface area contributed by atoms with Gasteiger partial charge < -0.3 is 10.1 Å². The van der Waals surface area contributed by atoms with Crippen LogP contribution in [0.15, 0.2) is 29.2 Å². The quantitative estimate of drug-likeness (QED) is 0.922. The highest BCUT2D eigenvalue weighted by Crippen LogP contribution is 2.32. The van der Waals surface area contributed by atoms with E-state index >= 15 is 0 Å². The first-order chi connectivity index (χ1) is 10.4. The molecule has 1 N–H and O–H groups in total. The van der Waals surface area contributed by atoms with Gasteiger partial charge in [-0.05, 0) is 49.4 Å². The van der Waals surface area contributed by atoms with Gasteiger partial charge in [-0.25, -0.2) is 8.42 Å². The Morgan fingerprint density at radius 1 is 1.14 bits per heavy atom. The zero-order chi connectivity index (χ0) is 15.7. The van der Waals surface area contributed by atoms with E-state index in [0.717, 1.165) is 19.3 Å². The fourth-order valence-corrected chi connectivity index (χ4v) is 4.00. The van der Waals surface area contributed by atoms with Crippen LogP contribution >= 0.6 is 0 Å². The third-order valence-electron chi connectivity index (χ3n) is 4.58. The predicted molar refractivity (Wildman–Crippen MR) is 82.5 cm³/mol. The first-order valence-electron chi connectivity index (χ1n) is 7.70. The lowest BCUT2D eigenvalue weighted by atomic mass is 9.78. The molecule has 0 aromatic heterocycles.